The first-order valence-electron chi connectivity index (χ1n) is 2.66. The van der Waals surface area contributed by atoms with Gasteiger partial charge in [0.25, 0.3) is 7.88 Å². The van der Waals surface area contributed by atoms with Gasteiger partial charge < -0.3 is 11.2 Å². The van der Waals surface area contributed by atoms with Crippen LogP contribution in [0.15, 0.2) is 0 Å². The summed E-state index contributed by atoms with van der Waals surface area (Å²) in [6.45, 7) is 0. The summed E-state index contributed by atoms with van der Waals surface area (Å²) in [6, 6.07) is 0. The van der Waals surface area contributed by atoms with E-state index in [0.717, 1.165) is 0 Å². The molecule has 0 aliphatic heterocycles. The van der Waals surface area contributed by atoms with E-state index in [1.54, 1.807) is 0 Å². The Morgan fingerprint density at radius 2 is 3.25 bits per heavy atom. The van der Waals surface area contributed by atoms with Crippen molar-refractivity contribution in [2.45, 2.75) is 0 Å². The van der Waals surface area contributed by atoms with E-state index in [9.17, 15) is 0 Å². The Balaban J connectivity index is 0. The topological polar surface area (TPSA) is 72.3 Å². The van der Waals surface area contributed by atoms with E-state index >= 15 is 0 Å². The van der Waals surface area contributed by atoms with Gasteiger partial charge in [-0.25, -0.2) is 0 Å². The molecule has 0 bridgehead atoms. The smallest absolute Gasteiger partial charge is 0.296 e. The molecule has 0 amide bonds. The molecule has 0 unspecified atom stereocenters. The highest BCUT2D eigenvalue weighted by atomic mass is 16.3. The summed E-state index contributed by atoms with van der Waals surface area (Å²) in [6.07, 6.45) is -1.58. The Kier molecular flexibility index (Phi) is 3.29. The first-order chi connectivity index (χ1) is 4.00. The van der Waals surface area contributed by atoms with Crippen LogP contribution in [0, 0.1) is 0 Å². The van der Waals surface area contributed by atoms with Crippen molar-refractivity contribution in [2.24, 2.45) is 0 Å². The molecule has 0 atom stereocenters. The second-order valence-electron chi connectivity index (χ2n) is 0.0833. The fourth-order valence-electron chi connectivity index (χ4n) is 0. The molecule has 0 radical (unpaired) electrons. The van der Waals surface area contributed by atoms with Crippen LogP contribution in [-0.4, -0.2) is 11.6 Å². The van der Waals surface area contributed by atoms with Crippen LogP contribution in [0.2, 0.25) is 4.24 Å². The summed E-state index contributed by atoms with van der Waals surface area (Å²) in [7, 11) is 0. The first kappa shape index (κ1) is 0.490. The number of carbonyl (C=O) groups is 1. The fraction of sp³-hybridized carbons (Fsp3) is 0. The van der Waals surface area contributed by atoms with Gasteiger partial charge in [0.1, 0.15) is 4.24 Å². The van der Waals surface area contributed by atoms with Crippen molar-refractivity contribution in [1.82, 2.24) is 6.13 Å². The van der Waals surface area contributed by atoms with E-state index in [1.165, 1.54) is 0 Å². The average molecular weight is 68.1 g/mol. The molecule has 26 valence electrons. The maximum absolute atomic E-state index is 9.07. The minimum absolute atomic E-state index is 0.250. The van der Waals surface area contributed by atoms with Gasteiger partial charge in [0.2, 0.25) is 0 Å². The van der Waals surface area contributed by atoms with E-state index in [4.69, 9.17) is 11.8 Å². The van der Waals surface area contributed by atoms with Gasteiger partial charge in [0.05, 0.1) is 0 Å². The highest BCUT2D eigenvalue weighted by molar-refractivity contribution is 5.32. The second-order valence-corrected chi connectivity index (χ2v) is 0.0833. The predicted octanol–water partition coefficient (Wildman–Crippen LogP) is -0.137. The molecule has 0 rings (SSSR count). The lowest BCUT2D eigenvalue weighted by Gasteiger charge is -1.34. The minimum atomic E-state index is -1.33. The van der Waals surface area contributed by atoms with E-state index in [-0.39, 0.29) is 6.13 Å². The van der Waals surface area contributed by atoms with Crippen LogP contribution in [0.5, 0.6) is 0 Å². The standard InChI is InChI=1S/CH2O2.H3N/c2-1-3;/h1H,(H,2,3);1H3/i1D;/hD4. The molecule has 0 spiro atoms. The Hall–Kier alpha value is -0.570. The normalized spacial score (nSPS) is 18.8. The predicted molar refractivity (Wildman–Crippen MR) is 13.7 cm³/mol. The van der Waals surface area contributed by atoms with Crippen LogP contribution in [-0.2, 0) is 4.79 Å². The summed E-state index contributed by atoms with van der Waals surface area (Å²) >= 11 is 0. The molecule has 4 heavy (non-hydrogen) atoms. The van der Waals surface area contributed by atoms with Crippen LogP contribution in [0.4, 0.5) is 0 Å². The van der Waals surface area contributed by atoms with Crippen molar-refractivity contribution < 1.29 is 15.5 Å². The molecular formula is CH5NO2. The molecule has 4 N–H and O–H groups in total. The molecule has 0 aliphatic carbocycles. The van der Waals surface area contributed by atoms with Crippen molar-refractivity contribution in [3.8, 4) is 0 Å². The van der Waals surface area contributed by atoms with Gasteiger partial charge in [-0.05, 0) is 0 Å². The zero-order valence-corrected chi connectivity index (χ0v) is 1.76. The van der Waals surface area contributed by atoms with Gasteiger partial charge in [-0.3, -0.25) is 4.79 Å². The van der Waals surface area contributed by atoms with Crippen molar-refractivity contribution >= 4 is 6.45 Å². The molecule has 0 fully saturated rings. The molecule has 0 heterocycles. The molecular weight excluding hydrogens is 58.0 g/mol. The molecule has 3 heteroatoms. The monoisotopic (exact) mass is 68.1 g/mol. The highest BCUT2D eigenvalue weighted by Gasteiger charge is 1.22. The fourth-order valence-corrected chi connectivity index (χ4v) is 0. The quantitative estimate of drug-likeness (QED) is 0.388. The zero-order chi connectivity index (χ0) is 7.86. The average Bonchev–Trinajstić information content (AvgIpc) is 1.65. The molecule has 0 aromatic carbocycles. The van der Waals surface area contributed by atoms with E-state index < -0.39 is 6.45 Å². The van der Waals surface area contributed by atoms with Gasteiger partial charge in [-0.1, -0.05) is 0 Å². The van der Waals surface area contributed by atoms with Crippen molar-refractivity contribution in [3.63, 3.8) is 0 Å². The summed E-state index contributed by atoms with van der Waals surface area (Å²) in [5.74, 6) is 0. The summed E-state index contributed by atoms with van der Waals surface area (Å²) in [5.41, 5.74) is 0. The summed E-state index contributed by atoms with van der Waals surface area (Å²) < 4.78 is 28.6. The Bertz CT molecular complexity index is 72.6. The third-order valence-corrected chi connectivity index (χ3v) is 0. The summed E-state index contributed by atoms with van der Waals surface area (Å²) in [5, 5.41) is 3.03. The number of hydrogen-bond donors (Lipinski definition) is 2. The number of hydrogen-bond acceptors (Lipinski definition) is 3. The first-order valence-corrected chi connectivity index (χ1v) is 0.408. The van der Waals surface area contributed by atoms with Gasteiger partial charge in [-0.15, -0.1) is 0 Å². The number of carboxylic acid groups (broad SMARTS) is 1. The summed E-state index contributed by atoms with van der Waals surface area (Å²) in [4.78, 5) is 9.07. The maximum Gasteiger partial charge on any atom is 0.296 e. The van der Waals surface area contributed by atoms with Crippen LogP contribution in [0.3, 0.4) is 0 Å². The van der Waals surface area contributed by atoms with E-state index in [2.05, 4.69) is 5.11 Å². The van der Waals surface area contributed by atoms with E-state index in [0.29, 0.717) is 0 Å². The molecule has 0 saturated carbocycles. The number of rotatable bonds is 0. The zero-order valence-electron chi connectivity index (χ0n) is 6.76. The molecule has 0 saturated heterocycles. The second kappa shape index (κ2) is 26.9. The SMILES string of the molecule is [2H]N([2H])[2H].[2H]OC([2H])=O. The van der Waals surface area contributed by atoms with Crippen molar-refractivity contribution in [2.75, 3.05) is 0 Å². The van der Waals surface area contributed by atoms with E-state index in [1.807, 2.05) is 0 Å². The largest absolute Gasteiger partial charge is 0.483 e. The molecule has 3 nitrogen and oxygen atoms in total. The Morgan fingerprint density at radius 1 is 3.00 bits per heavy atom. The maximum atomic E-state index is 9.07. The van der Waals surface area contributed by atoms with Crippen molar-refractivity contribution in [3.05, 3.63) is 0 Å². The van der Waals surface area contributed by atoms with Gasteiger partial charge in [0.15, 0.2) is 1.37 Å². The van der Waals surface area contributed by atoms with Crippen LogP contribution < -0.4 is 6.13 Å². The molecule has 0 aromatic rings. The lowest BCUT2D eigenvalue weighted by atomic mass is 11.7. The van der Waals surface area contributed by atoms with Gasteiger partial charge >= 0.3 is 0 Å². The third-order valence-electron chi connectivity index (χ3n) is 0. The lowest BCUT2D eigenvalue weighted by molar-refractivity contribution is -0.122. The van der Waals surface area contributed by atoms with Crippen LogP contribution in [0.1, 0.15) is 1.37 Å². The highest BCUT2D eigenvalue weighted by Crippen LogP contribution is 0.966. The Morgan fingerprint density at radius 3 is 3.25 bits per heavy atom. The van der Waals surface area contributed by atoms with Crippen LogP contribution >= 0.6 is 0 Å². The van der Waals surface area contributed by atoms with Crippen LogP contribution in [0.25, 0.3) is 1.43 Å². The molecule has 0 aliphatic rings. The minimum Gasteiger partial charge on any atom is -0.483 e. The van der Waals surface area contributed by atoms with Gasteiger partial charge in [0, 0.05) is 0 Å². The lowest BCUT2D eigenvalue weighted by Crippen LogP contribution is -1.49. The van der Waals surface area contributed by atoms with Crippen molar-refractivity contribution in [1.29, 1.82) is 1.43 Å². The third kappa shape index (κ3) is 0.814. The molecule has 0 aromatic heterocycles. The van der Waals surface area contributed by atoms with Gasteiger partial charge in [-0.2, -0.15) is 0 Å². The Labute approximate surface area is 31.1 Å².